The van der Waals surface area contributed by atoms with Gasteiger partial charge in [0.1, 0.15) is 19.8 Å². The van der Waals surface area contributed by atoms with Crippen LogP contribution in [0.1, 0.15) is 5.56 Å². The highest BCUT2D eigenvalue weighted by Gasteiger charge is 2.16. The first kappa shape index (κ1) is 14.8. The van der Waals surface area contributed by atoms with Crippen molar-refractivity contribution in [3.63, 3.8) is 0 Å². The SMILES string of the molecule is CNC(=O)COCC(=O)C(=O)OCc1ccccc1. The Morgan fingerprint density at radius 3 is 2.42 bits per heavy atom. The van der Waals surface area contributed by atoms with Gasteiger partial charge in [-0.3, -0.25) is 9.59 Å². The summed E-state index contributed by atoms with van der Waals surface area (Å²) in [4.78, 5) is 33.4. The molecule has 0 aliphatic carbocycles. The van der Waals surface area contributed by atoms with Crippen LogP contribution in [0, 0.1) is 0 Å². The first-order valence-corrected chi connectivity index (χ1v) is 5.65. The van der Waals surface area contributed by atoms with E-state index in [0.717, 1.165) is 5.56 Å². The topological polar surface area (TPSA) is 81.7 Å². The third-order valence-electron chi connectivity index (χ3n) is 2.19. The van der Waals surface area contributed by atoms with Crippen LogP contribution in [0.3, 0.4) is 0 Å². The summed E-state index contributed by atoms with van der Waals surface area (Å²) in [5, 5.41) is 2.32. The smallest absolute Gasteiger partial charge is 0.377 e. The molecule has 1 N–H and O–H groups in total. The molecule has 0 spiro atoms. The number of esters is 1. The molecule has 6 nitrogen and oxygen atoms in total. The number of nitrogens with one attached hydrogen (secondary N) is 1. The van der Waals surface area contributed by atoms with Gasteiger partial charge >= 0.3 is 5.97 Å². The summed E-state index contributed by atoms with van der Waals surface area (Å²) >= 11 is 0. The largest absolute Gasteiger partial charge is 0.455 e. The summed E-state index contributed by atoms with van der Waals surface area (Å²) in [6.07, 6.45) is 0. The predicted octanol–water partition coefficient (Wildman–Crippen LogP) is 0.0615. The maximum Gasteiger partial charge on any atom is 0.377 e. The number of benzene rings is 1. The number of amides is 1. The Morgan fingerprint density at radius 2 is 1.79 bits per heavy atom. The Bertz CT molecular complexity index is 444. The monoisotopic (exact) mass is 265 g/mol. The molecule has 1 rings (SSSR count). The van der Waals surface area contributed by atoms with E-state index in [1.54, 1.807) is 24.3 Å². The standard InChI is InChI=1S/C13H15NO5/c1-14-12(16)9-18-8-11(15)13(17)19-7-10-5-3-2-4-6-10/h2-6H,7-9H2,1H3,(H,14,16). The molecule has 6 heteroatoms. The van der Waals surface area contributed by atoms with E-state index in [0.29, 0.717) is 0 Å². The van der Waals surface area contributed by atoms with E-state index in [1.165, 1.54) is 7.05 Å². The molecule has 0 saturated carbocycles. The Balaban J connectivity index is 2.25. The lowest BCUT2D eigenvalue weighted by Crippen LogP contribution is -2.27. The van der Waals surface area contributed by atoms with Crippen LogP contribution in [-0.2, 0) is 30.5 Å². The highest BCUT2D eigenvalue weighted by molar-refractivity contribution is 6.34. The second-order valence-electron chi connectivity index (χ2n) is 3.65. The van der Waals surface area contributed by atoms with Gasteiger partial charge in [0.2, 0.25) is 5.91 Å². The molecule has 1 amide bonds. The number of carbonyl (C=O) groups is 3. The van der Waals surface area contributed by atoms with E-state index in [9.17, 15) is 14.4 Å². The normalized spacial score (nSPS) is 9.74. The number of ketones is 1. The van der Waals surface area contributed by atoms with Crippen LogP contribution in [0.4, 0.5) is 0 Å². The minimum absolute atomic E-state index is 0.0286. The van der Waals surface area contributed by atoms with Gasteiger partial charge in [-0.2, -0.15) is 0 Å². The lowest BCUT2D eigenvalue weighted by atomic mass is 10.2. The van der Waals surface area contributed by atoms with Gasteiger partial charge in [0.15, 0.2) is 0 Å². The number of rotatable bonds is 7. The Kier molecular flexibility index (Phi) is 6.25. The average Bonchev–Trinajstić information content (AvgIpc) is 2.45. The molecule has 0 saturated heterocycles. The molecule has 0 unspecified atom stereocenters. The summed E-state index contributed by atoms with van der Waals surface area (Å²) < 4.78 is 9.56. The molecule has 1 aromatic rings. The van der Waals surface area contributed by atoms with Crippen molar-refractivity contribution in [2.24, 2.45) is 0 Å². The van der Waals surface area contributed by atoms with Crippen molar-refractivity contribution in [3.8, 4) is 0 Å². The van der Waals surface area contributed by atoms with E-state index in [-0.39, 0.29) is 19.1 Å². The van der Waals surface area contributed by atoms with Crippen molar-refractivity contribution in [2.45, 2.75) is 6.61 Å². The number of hydrogen-bond donors (Lipinski definition) is 1. The minimum atomic E-state index is -0.972. The average molecular weight is 265 g/mol. The molecule has 0 heterocycles. The zero-order chi connectivity index (χ0) is 14.1. The second-order valence-corrected chi connectivity index (χ2v) is 3.65. The van der Waals surface area contributed by atoms with Gasteiger partial charge in [0.05, 0.1) is 0 Å². The van der Waals surface area contributed by atoms with E-state index in [2.05, 4.69) is 5.32 Å². The Morgan fingerprint density at radius 1 is 1.11 bits per heavy atom. The van der Waals surface area contributed by atoms with Crippen molar-refractivity contribution in [1.29, 1.82) is 0 Å². The third-order valence-corrected chi connectivity index (χ3v) is 2.19. The maximum absolute atomic E-state index is 11.3. The second kappa shape index (κ2) is 7.99. The van der Waals surface area contributed by atoms with Crippen LogP contribution in [0.25, 0.3) is 0 Å². The van der Waals surface area contributed by atoms with Crippen LogP contribution >= 0.6 is 0 Å². The van der Waals surface area contributed by atoms with E-state index in [1.807, 2.05) is 6.07 Å². The van der Waals surface area contributed by atoms with Gasteiger partial charge in [-0.1, -0.05) is 30.3 Å². The number of Topliss-reactive ketones (excluding diaryl/α,β-unsaturated/α-hetero) is 1. The molecule has 19 heavy (non-hydrogen) atoms. The predicted molar refractivity (Wildman–Crippen MR) is 66.1 cm³/mol. The zero-order valence-corrected chi connectivity index (χ0v) is 10.5. The molecular weight excluding hydrogens is 250 g/mol. The fraction of sp³-hybridized carbons (Fsp3) is 0.308. The van der Waals surface area contributed by atoms with Crippen molar-refractivity contribution in [3.05, 3.63) is 35.9 Å². The number of carbonyl (C=O) groups excluding carboxylic acids is 3. The number of ether oxygens (including phenoxy) is 2. The molecule has 0 aromatic heterocycles. The van der Waals surface area contributed by atoms with Gasteiger partial charge in [-0.15, -0.1) is 0 Å². The maximum atomic E-state index is 11.3. The van der Waals surface area contributed by atoms with Crippen molar-refractivity contribution in [2.75, 3.05) is 20.3 Å². The third kappa shape index (κ3) is 5.78. The fourth-order valence-electron chi connectivity index (χ4n) is 1.17. The minimum Gasteiger partial charge on any atom is -0.455 e. The van der Waals surface area contributed by atoms with E-state index < -0.39 is 18.4 Å². The molecule has 1 aromatic carbocycles. The number of likely N-dealkylation sites (N-methyl/N-ethyl adjacent to an activating group) is 1. The molecular formula is C13H15NO5. The summed E-state index contributed by atoms with van der Waals surface area (Å²) in [6.45, 7) is -0.712. The highest BCUT2D eigenvalue weighted by Crippen LogP contribution is 2.00. The fourth-order valence-corrected chi connectivity index (χ4v) is 1.17. The van der Waals surface area contributed by atoms with E-state index in [4.69, 9.17) is 9.47 Å². The molecule has 0 radical (unpaired) electrons. The summed E-state index contributed by atoms with van der Waals surface area (Å²) in [5.41, 5.74) is 0.787. The van der Waals surface area contributed by atoms with Gasteiger partial charge in [0, 0.05) is 7.05 Å². The van der Waals surface area contributed by atoms with Gasteiger partial charge in [0.25, 0.3) is 5.78 Å². The van der Waals surface area contributed by atoms with Crippen LogP contribution in [0.2, 0.25) is 0 Å². The van der Waals surface area contributed by atoms with E-state index >= 15 is 0 Å². The molecule has 0 aliphatic heterocycles. The Hall–Kier alpha value is -2.21. The van der Waals surface area contributed by atoms with Crippen LogP contribution in [-0.4, -0.2) is 37.9 Å². The quantitative estimate of drug-likeness (QED) is 0.557. The molecule has 0 aliphatic rings. The first-order chi connectivity index (χ1) is 9.13. The van der Waals surface area contributed by atoms with Crippen LogP contribution in [0.15, 0.2) is 30.3 Å². The highest BCUT2D eigenvalue weighted by atomic mass is 16.5. The lowest BCUT2D eigenvalue weighted by molar-refractivity contribution is -0.157. The summed E-state index contributed by atoms with van der Waals surface area (Å²) in [5.74, 6) is -2.16. The van der Waals surface area contributed by atoms with Gasteiger partial charge in [-0.25, -0.2) is 4.79 Å². The summed E-state index contributed by atoms with van der Waals surface area (Å²) in [7, 11) is 1.45. The lowest BCUT2D eigenvalue weighted by Gasteiger charge is -2.04. The van der Waals surface area contributed by atoms with Crippen molar-refractivity contribution in [1.82, 2.24) is 5.32 Å². The molecule has 0 fully saturated rings. The summed E-state index contributed by atoms with van der Waals surface area (Å²) in [6, 6.07) is 9.00. The zero-order valence-electron chi connectivity index (χ0n) is 10.5. The molecule has 102 valence electrons. The van der Waals surface area contributed by atoms with Crippen LogP contribution in [0.5, 0.6) is 0 Å². The van der Waals surface area contributed by atoms with Crippen molar-refractivity contribution < 1.29 is 23.9 Å². The molecule has 0 bridgehead atoms. The first-order valence-electron chi connectivity index (χ1n) is 5.65. The van der Waals surface area contributed by atoms with Gasteiger partial charge in [-0.05, 0) is 5.56 Å². The van der Waals surface area contributed by atoms with Gasteiger partial charge < -0.3 is 14.8 Å². The Labute approximate surface area is 110 Å². The number of hydrogen-bond acceptors (Lipinski definition) is 5. The van der Waals surface area contributed by atoms with Crippen molar-refractivity contribution >= 4 is 17.7 Å². The molecule has 0 atom stereocenters. The van der Waals surface area contributed by atoms with Crippen LogP contribution < -0.4 is 5.32 Å².